The lowest BCUT2D eigenvalue weighted by Gasteiger charge is -2.30. The van der Waals surface area contributed by atoms with Crippen LogP contribution in [0.25, 0.3) is 0 Å². The van der Waals surface area contributed by atoms with Crippen LogP contribution in [0, 0.1) is 0 Å². The molecule has 0 radical (unpaired) electrons. The summed E-state index contributed by atoms with van der Waals surface area (Å²) in [6.07, 6.45) is 6.35. The number of amides is 1. The van der Waals surface area contributed by atoms with Gasteiger partial charge in [0, 0.05) is 38.3 Å². The molecule has 0 unspecified atom stereocenters. The van der Waals surface area contributed by atoms with Crippen LogP contribution in [0.4, 0.5) is 0 Å². The first-order valence-electron chi connectivity index (χ1n) is 5.64. The lowest BCUT2D eigenvalue weighted by Crippen LogP contribution is -2.41. The largest absolute Gasteiger partial charge is 0.460 e. The minimum atomic E-state index is -0.0144. The molecule has 0 bridgehead atoms. The topological polar surface area (TPSA) is 55.3 Å². The lowest BCUT2D eigenvalue weighted by atomic mass is 10.1. The van der Waals surface area contributed by atoms with E-state index < -0.39 is 0 Å². The predicted molar refractivity (Wildman–Crippen MR) is 62.5 cm³/mol. The first-order chi connectivity index (χ1) is 8.29. The number of hydrogen-bond acceptors (Lipinski definition) is 4. The number of aromatic nitrogens is 2. The van der Waals surface area contributed by atoms with Crippen molar-refractivity contribution in [3.05, 3.63) is 31.1 Å². The van der Waals surface area contributed by atoms with Crippen LogP contribution in [0.3, 0.4) is 0 Å². The Morgan fingerprint density at radius 1 is 1.41 bits per heavy atom. The van der Waals surface area contributed by atoms with Crippen LogP contribution in [0.5, 0.6) is 6.01 Å². The molecule has 5 nitrogen and oxygen atoms in total. The van der Waals surface area contributed by atoms with E-state index in [1.165, 1.54) is 6.08 Å². The van der Waals surface area contributed by atoms with E-state index in [0.717, 1.165) is 12.8 Å². The van der Waals surface area contributed by atoms with Gasteiger partial charge in [0.25, 0.3) is 0 Å². The summed E-state index contributed by atoms with van der Waals surface area (Å²) in [5.41, 5.74) is 0. The number of hydrogen-bond donors (Lipinski definition) is 0. The highest BCUT2D eigenvalue weighted by Crippen LogP contribution is 2.15. The smallest absolute Gasteiger partial charge is 0.316 e. The third kappa shape index (κ3) is 3.03. The van der Waals surface area contributed by atoms with Gasteiger partial charge in [0.05, 0.1) is 0 Å². The molecule has 90 valence electrons. The monoisotopic (exact) mass is 233 g/mol. The first-order valence-corrected chi connectivity index (χ1v) is 5.64. The van der Waals surface area contributed by atoms with Gasteiger partial charge in [0.15, 0.2) is 0 Å². The first kappa shape index (κ1) is 11.6. The number of rotatable bonds is 3. The van der Waals surface area contributed by atoms with Gasteiger partial charge in [0.1, 0.15) is 6.10 Å². The van der Waals surface area contributed by atoms with Gasteiger partial charge in [-0.05, 0) is 12.1 Å². The zero-order chi connectivity index (χ0) is 12.1. The average Bonchev–Trinajstić information content (AvgIpc) is 2.40. The number of carbonyl (C=O) groups excluding carboxylic acids is 1. The van der Waals surface area contributed by atoms with E-state index in [1.807, 2.05) is 0 Å². The Kier molecular flexibility index (Phi) is 3.69. The number of carbonyl (C=O) groups is 1. The molecule has 1 aliphatic heterocycles. The molecule has 0 aliphatic carbocycles. The van der Waals surface area contributed by atoms with E-state index in [9.17, 15) is 4.79 Å². The maximum Gasteiger partial charge on any atom is 0.316 e. The van der Waals surface area contributed by atoms with Gasteiger partial charge in [-0.25, -0.2) is 9.97 Å². The standard InChI is InChI=1S/C12H15N3O2/c1-2-11(16)15-8-4-10(5-9-15)17-12-13-6-3-7-14-12/h2-3,6-7,10H,1,4-5,8-9H2. The van der Waals surface area contributed by atoms with Gasteiger partial charge in [-0.2, -0.15) is 0 Å². The van der Waals surface area contributed by atoms with Crippen LogP contribution in [-0.2, 0) is 4.79 Å². The van der Waals surface area contributed by atoms with E-state index in [0.29, 0.717) is 19.1 Å². The summed E-state index contributed by atoms with van der Waals surface area (Å²) in [4.78, 5) is 21.2. The molecule has 1 aliphatic rings. The van der Waals surface area contributed by atoms with Gasteiger partial charge < -0.3 is 9.64 Å². The van der Waals surface area contributed by atoms with Crippen molar-refractivity contribution in [2.24, 2.45) is 0 Å². The maximum atomic E-state index is 11.4. The molecule has 0 N–H and O–H groups in total. The van der Waals surface area contributed by atoms with Crippen molar-refractivity contribution in [1.82, 2.24) is 14.9 Å². The fraction of sp³-hybridized carbons (Fsp3) is 0.417. The molecular weight excluding hydrogens is 218 g/mol. The van der Waals surface area contributed by atoms with Crippen LogP contribution < -0.4 is 4.74 Å². The Morgan fingerprint density at radius 2 is 2.06 bits per heavy atom. The normalized spacial score (nSPS) is 16.6. The van der Waals surface area contributed by atoms with Crippen molar-refractivity contribution in [3.63, 3.8) is 0 Å². The van der Waals surface area contributed by atoms with Gasteiger partial charge in [-0.1, -0.05) is 6.58 Å². The van der Waals surface area contributed by atoms with Crippen molar-refractivity contribution >= 4 is 5.91 Å². The summed E-state index contributed by atoms with van der Waals surface area (Å²) in [6, 6.07) is 2.15. The highest BCUT2D eigenvalue weighted by Gasteiger charge is 2.22. The minimum absolute atomic E-state index is 0.0144. The van der Waals surface area contributed by atoms with E-state index >= 15 is 0 Å². The molecule has 1 aromatic heterocycles. The molecule has 0 aromatic carbocycles. The molecule has 0 atom stereocenters. The summed E-state index contributed by atoms with van der Waals surface area (Å²) < 4.78 is 5.63. The van der Waals surface area contributed by atoms with Gasteiger partial charge in [-0.15, -0.1) is 0 Å². The molecule has 17 heavy (non-hydrogen) atoms. The highest BCUT2D eigenvalue weighted by atomic mass is 16.5. The molecule has 2 rings (SSSR count). The van der Waals surface area contributed by atoms with Crippen molar-refractivity contribution in [2.75, 3.05) is 13.1 Å². The molecule has 0 saturated carbocycles. The van der Waals surface area contributed by atoms with Crippen molar-refractivity contribution in [3.8, 4) is 6.01 Å². The second-order valence-electron chi connectivity index (χ2n) is 3.88. The molecule has 1 fully saturated rings. The fourth-order valence-corrected chi connectivity index (χ4v) is 1.82. The molecule has 0 spiro atoms. The van der Waals surface area contributed by atoms with Crippen LogP contribution in [0.15, 0.2) is 31.1 Å². The molecule has 1 amide bonds. The van der Waals surface area contributed by atoms with E-state index in [1.54, 1.807) is 23.4 Å². The Morgan fingerprint density at radius 3 is 2.65 bits per heavy atom. The van der Waals surface area contributed by atoms with Crippen molar-refractivity contribution in [1.29, 1.82) is 0 Å². The van der Waals surface area contributed by atoms with Crippen molar-refractivity contribution in [2.45, 2.75) is 18.9 Å². The third-order valence-corrected chi connectivity index (χ3v) is 2.74. The second-order valence-corrected chi connectivity index (χ2v) is 3.88. The maximum absolute atomic E-state index is 11.4. The van der Waals surface area contributed by atoms with Crippen LogP contribution in [0.2, 0.25) is 0 Å². The number of likely N-dealkylation sites (tertiary alicyclic amines) is 1. The van der Waals surface area contributed by atoms with Gasteiger partial charge >= 0.3 is 6.01 Å². The zero-order valence-corrected chi connectivity index (χ0v) is 9.58. The van der Waals surface area contributed by atoms with Crippen LogP contribution in [-0.4, -0.2) is 40.0 Å². The fourth-order valence-electron chi connectivity index (χ4n) is 1.82. The Balaban J connectivity index is 1.83. The SMILES string of the molecule is C=CC(=O)N1CCC(Oc2ncccn2)CC1. The van der Waals surface area contributed by atoms with Crippen molar-refractivity contribution < 1.29 is 9.53 Å². The van der Waals surface area contributed by atoms with Gasteiger partial charge in [-0.3, -0.25) is 4.79 Å². The summed E-state index contributed by atoms with van der Waals surface area (Å²) in [5.74, 6) is -0.0144. The average molecular weight is 233 g/mol. The van der Waals surface area contributed by atoms with Gasteiger partial charge in [0.2, 0.25) is 5.91 Å². The summed E-state index contributed by atoms with van der Waals surface area (Å²) in [6.45, 7) is 4.87. The summed E-state index contributed by atoms with van der Waals surface area (Å²) in [7, 11) is 0. The molecule has 1 saturated heterocycles. The Labute approximate surface area is 100 Å². The molecule has 1 aromatic rings. The van der Waals surface area contributed by atoms with E-state index in [4.69, 9.17) is 4.74 Å². The number of ether oxygens (including phenoxy) is 1. The van der Waals surface area contributed by atoms with E-state index in [2.05, 4.69) is 16.5 Å². The quantitative estimate of drug-likeness (QED) is 0.732. The van der Waals surface area contributed by atoms with Crippen LogP contribution >= 0.6 is 0 Å². The Bertz CT molecular complexity index is 386. The summed E-state index contributed by atoms with van der Waals surface area (Å²) >= 11 is 0. The van der Waals surface area contributed by atoms with Crippen LogP contribution in [0.1, 0.15) is 12.8 Å². The third-order valence-electron chi connectivity index (χ3n) is 2.74. The molecular formula is C12H15N3O2. The molecule has 5 heteroatoms. The number of piperidine rings is 1. The second kappa shape index (κ2) is 5.43. The molecule has 2 heterocycles. The minimum Gasteiger partial charge on any atom is -0.460 e. The zero-order valence-electron chi connectivity index (χ0n) is 9.58. The van der Waals surface area contributed by atoms with E-state index in [-0.39, 0.29) is 12.0 Å². The lowest BCUT2D eigenvalue weighted by molar-refractivity contribution is -0.127. The number of nitrogens with zero attached hydrogens (tertiary/aromatic N) is 3. The predicted octanol–water partition coefficient (Wildman–Crippen LogP) is 1.03. The Hall–Kier alpha value is -1.91. The highest BCUT2D eigenvalue weighted by molar-refractivity contribution is 5.87. The summed E-state index contributed by atoms with van der Waals surface area (Å²) in [5, 5.41) is 0.